The predicted octanol–water partition coefficient (Wildman–Crippen LogP) is 2.82. The van der Waals surface area contributed by atoms with Gasteiger partial charge in [0.1, 0.15) is 10.7 Å². The molecule has 0 fully saturated rings. The van der Waals surface area contributed by atoms with Crippen molar-refractivity contribution in [2.45, 2.75) is 11.8 Å². The van der Waals surface area contributed by atoms with Gasteiger partial charge in [0, 0.05) is 33.8 Å². The Hall–Kier alpha value is -2.18. The topological polar surface area (TPSA) is 110 Å². The number of nitrogens with two attached hydrogens (primary N) is 1. The molecule has 0 saturated heterocycles. The van der Waals surface area contributed by atoms with Gasteiger partial charge in [-0.1, -0.05) is 0 Å². The van der Waals surface area contributed by atoms with E-state index in [2.05, 4.69) is 33.0 Å². The van der Waals surface area contributed by atoms with Crippen LogP contribution in [0.15, 0.2) is 46.2 Å². The number of aromatic nitrogens is 2. The molecule has 7 nitrogen and oxygen atoms in total. The van der Waals surface area contributed by atoms with Crippen molar-refractivity contribution in [3.05, 3.63) is 61.8 Å². The molecule has 0 saturated carbocycles. The van der Waals surface area contributed by atoms with Crippen LogP contribution in [0.25, 0.3) is 11.1 Å². The highest BCUT2D eigenvalue weighted by atomic mass is 127. The van der Waals surface area contributed by atoms with E-state index >= 15 is 0 Å². The third kappa shape index (κ3) is 3.92. The molecule has 1 heterocycles. The van der Waals surface area contributed by atoms with Crippen LogP contribution in [0.3, 0.4) is 0 Å². The molecular weight excluding hydrogens is 486 g/mol. The van der Waals surface area contributed by atoms with E-state index in [1.807, 2.05) is 25.1 Å². The molecule has 0 bridgehead atoms. The van der Waals surface area contributed by atoms with Crippen LogP contribution in [0, 0.1) is 16.3 Å². The molecule has 2 aromatic carbocycles. The second-order valence-corrected chi connectivity index (χ2v) is 8.78. The van der Waals surface area contributed by atoms with Gasteiger partial charge in [-0.05, 0) is 65.4 Å². The minimum absolute atomic E-state index is 0.188. The fourth-order valence-electron chi connectivity index (χ4n) is 2.67. The van der Waals surface area contributed by atoms with E-state index in [0.717, 1.165) is 21.3 Å². The zero-order valence-electron chi connectivity index (χ0n) is 14.4. The van der Waals surface area contributed by atoms with E-state index < -0.39 is 20.7 Å². The number of rotatable bonds is 4. The maximum Gasteiger partial charge on any atom is 0.274 e. The molecule has 4 N–H and O–H groups in total. The highest BCUT2D eigenvalue weighted by Gasteiger charge is 2.21. The summed E-state index contributed by atoms with van der Waals surface area (Å²) in [6, 6.07) is 7.73. The molecular formula is C17H16FIN4O3S. The molecule has 0 radical (unpaired) electrons. The summed E-state index contributed by atoms with van der Waals surface area (Å²) >= 11 is 2.18. The maximum absolute atomic E-state index is 14.4. The van der Waals surface area contributed by atoms with Crippen molar-refractivity contribution in [2.75, 3.05) is 5.32 Å². The number of halogens is 2. The standard InChI is InChI=1S/C17H16FIN4O3S/c1-9-5-10(19)3-4-14(9)22-15-7-13(18)16(27(20,25)26)6-11(15)12-8-21-23(2)17(12)24/h3-8,21-22H,1-2H3,(H2,20,25,26). The highest BCUT2D eigenvalue weighted by molar-refractivity contribution is 14.1. The molecule has 3 aromatic rings. The fraction of sp³-hybridized carbons (Fsp3) is 0.118. The Morgan fingerprint density at radius 3 is 2.44 bits per heavy atom. The van der Waals surface area contributed by atoms with Crippen LogP contribution in [0.2, 0.25) is 0 Å². The lowest BCUT2D eigenvalue weighted by atomic mass is 10.1. The van der Waals surface area contributed by atoms with Gasteiger partial charge >= 0.3 is 0 Å². The normalized spacial score (nSPS) is 11.6. The van der Waals surface area contributed by atoms with Gasteiger partial charge in [0.15, 0.2) is 0 Å². The van der Waals surface area contributed by atoms with Crippen molar-refractivity contribution >= 4 is 44.0 Å². The smallest absolute Gasteiger partial charge is 0.274 e. The van der Waals surface area contributed by atoms with Gasteiger partial charge in [0.25, 0.3) is 5.56 Å². The van der Waals surface area contributed by atoms with Crippen LogP contribution in [-0.4, -0.2) is 18.2 Å². The number of aryl methyl sites for hydroxylation is 2. The third-order valence-corrected chi connectivity index (χ3v) is 5.66. The molecule has 0 atom stereocenters. The summed E-state index contributed by atoms with van der Waals surface area (Å²) in [7, 11) is -2.78. The number of primary sulfonamides is 1. The average molecular weight is 502 g/mol. The summed E-state index contributed by atoms with van der Waals surface area (Å²) in [5, 5.41) is 10.9. The highest BCUT2D eigenvalue weighted by Crippen LogP contribution is 2.33. The van der Waals surface area contributed by atoms with Gasteiger partial charge in [-0.2, -0.15) is 0 Å². The van der Waals surface area contributed by atoms with Gasteiger partial charge in [0.2, 0.25) is 10.0 Å². The van der Waals surface area contributed by atoms with E-state index in [1.165, 1.54) is 17.9 Å². The van der Waals surface area contributed by atoms with Crippen molar-refractivity contribution in [3.63, 3.8) is 0 Å². The maximum atomic E-state index is 14.4. The summed E-state index contributed by atoms with van der Waals surface area (Å²) in [6.45, 7) is 1.88. The van der Waals surface area contributed by atoms with Crippen LogP contribution in [0.4, 0.5) is 15.8 Å². The number of hydrogen-bond acceptors (Lipinski definition) is 4. The van der Waals surface area contributed by atoms with E-state index in [-0.39, 0.29) is 22.4 Å². The Bertz CT molecular complexity index is 1200. The van der Waals surface area contributed by atoms with Crippen molar-refractivity contribution in [3.8, 4) is 11.1 Å². The van der Waals surface area contributed by atoms with E-state index in [4.69, 9.17) is 5.14 Å². The summed E-state index contributed by atoms with van der Waals surface area (Å²) in [5.74, 6) is -1.00. The quantitative estimate of drug-likeness (QED) is 0.477. The van der Waals surface area contributed by atoms with Crippen molar-refractivity contribution in [1.29, 1.82) is 0 Å². The van der Waals surface area contributed by atoms with Gasteiger partial charge in [0.05, 0.1) is 5.56 Å². The fourth-order valence-corrected chi connectivity index (χ4v) is 3.93. The molecule has 0 aliphatic heterocycles. The first-order valence-electron chi connectivity index (χ1n) is 7.72. The Morgan fingerprint density at radius 2 is 1.89 bits per heavy atom. The Morgan fingerprint density at radius 1 is 1.19 bits per heavy atom. The number of hydrogen-bond donors (Lipinski definition) is 3. The van der Waals surface area contributed by atoms with Crippen LogP contribution < -0.4 is 16.0 Å². The van der Waals surface area contributed by atoms with Crippen molar-refractivity contribution < 1.29 is 12.8 Å². The SMILES string of the molecule is Cc1cc(I)ccc1Nc1cc(F)c(S(N)(=O)=O)cc1-c1c[nH]n(C)c1=O. The molecule has 0 aliphatic carbocycles. The van der Waals surface area contributed by atoms with E-state index in [9.17, 15) is 17.6 Å². The summed E-state index contributed by atoms with van der Waals surface area (Å²) < 4.78 is 40.1. The zero-order valence-corrected chi connectivity index (χ0v) is 17.4. The van der Waals surface area contributed by atoms with Crippen molar-refractivity contribution in [1.82, 2.24) is 9.78 Å². The van der Waals surface area contributed by atoms with Crippen LogP contribution in [0.1, 0.15) is 5.56 Å². The van der Waals surface area contributed by atoms with Gasteiger partial charge in [-0.3, -0.25) is 9.48 Å². The first-order chi connectivity index (χ1) is 12.6. The van der Waals surface area contributed by atoms with Gasteiger partial charge in [-0.25, -0.2) is 17.9 Å². The number of sulfonamides is 1. The number of nitrogens with zero attached hydrogens (tertiary/aromatic N) is 1. The summed E-state index contributed by atoms with van der Waals surface area (Å²) in [5.41, 5.74) is 1.89. The average Bonchev–Trinajstić information content (AvgIpc) is 2.89. The molecule has 0 spiro atoms. The molecule has 0 aliphatic rings. The minimum Gasteiger partial charge on any atom is -0.355 e. The van der Waals surface area contributed by atoms with Crippen LogP contribution in [0.5, 0.6) is 0 Å². The molecule has 10 heteroatoms. The van der Waals surface area contributed by atoms with Crippen LogP contribution >= 0.6 is 22.6 Å². The Balaban J connectivity index is 2.25. The molecule has 142 valence electrons. The molecule has 27 heavy (non-hydrogen) atoms. The van der Waals surface area contributed by atoms with E-state index in [0.29, 0.717) is 5.69 Å². The number of nitrogens with one attached hydrogen (secondary N) is 2. The molecule has 0 amide bonds. The summed E-state index contributed by atoms with van der Waals surface area (Å²) in [4.78, 5) is 11.7. The largest absolute Gasteiger partial charge is 0.355 e. The number of H-pyrrole nitrogens is 1. The summed E-state index contributed by atoms with van der Waals surface area (Å²) in [6.07, 6.45) is 1.43. The number of aromatic amines is 1. The zero-order chi connectivity index (χ0) is 19.9. The first-order valence-corrected chi connectivity index (χ1v) is 10.3. The number of benzene rings is 2. The minimum atomic E-state index is -4.30. The molecule has 1 aromatic heterocycles. The van der Waals surface area contributed by atoms with Crippen molar-refractivity contribution in [2.24, 2.45) is 12.2 Å². The Labute approximate surface area is 168 Å². The second kappa shape index (κ2) is 7.09. The lowest BCUT2D eigenvalue weighted by molar-refractivity contribution is 0.568. The number of anilines is 2. The first kappa shape index (κ1) is 19.6. The predicted molar refractivity (Wildman–Crippen MR) is 110 cm³/mol. The third-order valence-electron chi connectivity index (χ3n) is 4.06. The Kier molecular flexibility index (Phi) is 5.14. The van der Waals surface area contributed by atoms with E-state index in [1.54, 1.807) is 0 Å². The second-order valence-electron chi connectivity index (χ2n) is 6.01. The molecule has 0 unspecified atom stereocenters. The van der Waals surface area contributed by atoms with Gasteiger partial charge in [-0.15, -0.1) is 0 Å². The lowest BCUT2D eigenvalue weighted by Gasteiger charge is -2.15. The molecule has 3 rings (SSSR count). The monoisotopic (exact) mass is 502 g/mol. The van der Waals surface area contributed by atoms with Crippen LogP contribution in [-0.2, 0) is 17.1 Å². The lowest BCUT2D eigenvalue weighted by Crippen LogP contribution is -2.16. The van der Waals surface area contributed by atoms with Gasteiger partial charge < -0.3 is 10.4 Å².